The van der Waals surface area contributed by atoms with E-state index in [-0.39, 0.29) is 0 Å². The van der Waals surface area contributed by atoms with Gasteiger partial charge in [0.15, 0.2) is 0 Å². The van der Waals surface area contributed by atoms with Crippen molar-refractivity contribution in [1.82, 2.24) is 4.98 Å². The molecule has 0 aliphatic heterocycles. The van der Waals surface area contributed by atoms with Crippen LogP contribution in [0.1, 0.15) is 18.6 Å². The van der Waals surface area contributed by atoms with E-state index < -0.39 is 6.10 Å². The van der Waals surface area contributed by atoms with Crippen LogP contribution in [0.4, 0.5) is 0 Å². The lowest BCUT2D eigenvalue weighted by Gasteiger charge is -2.09. The molecule has 0 spiro atoms. The van der Waals surface area contributed by atoms with Gasteiger partial charge < -0.3 is 9.84 Å². The van der Waals surface area contributed by atoms with Crippen LogP contribution < -0.4 is 4.74 Å². The average Bonchev–Trinajstić information content (AvgIpc) is 2.48. The fraction of sp³-hybridized carbons (Fsp3) is 0.118. The number of fused-ring (bicyclic) bond motifs is 1. The van der Waals surface area contributed by atoms with Crippen molar-refractivity contribution in [3.8, 4) is 11.6 Å². The van der Waals surface area contributed by atoms with Crippen LogP contribution in [0.25, 0.3) is 10.8 Å². The summed E-state index contributed by atoms with van der Waals surface area (Å²) in [5.74, 6) is 1.30. The van der Waals surface area contributed by atoms with Crippen LogP contribution in [-0.4, -0.2) is 10.1 Å². The van der Waals surface area contributed by atoms with Crippen LogP contribution in [0.15, 0.2) is 60.8 Å². The molecular formula is C17H15NO2. The van der Waals surface area contributed by atoms with Crippen molar-refractivity contribution in [1.29, 1.82) is 0 Å². The Kier molecular flexibility index (Phi) is 3.35. The quantitative estimate of drug-likeness (QED) is 0.775. The van der Waals surface area contributed by atoms with E-state index in [2.05, 4.69) is 4.98 Å². The molecule has 0 bridgehead atoms. The highest BCUT2D eigenvalue weighted by molar-refractivity contribution is 5.88. The fourth-order valence-electron chi connectivity index (χ4n) is 2.10. The molecule has 0 aliphatic rings. The molecule has 0 aliphatic carbocycles. The minimum Gasteiger partial charge on any atom is -0.438 e. The number of ether oxygens (including phenoxy) is 1. The first-order valence-electron chi connectivity index (χ1n) is 6.54. The van der Waals surface area contributed by atoms with Crippen LogP contribution >= 0.6 is 0 Å². The summed E-state index contributed by atoms with van der Waals surface area (Å²) in [6, 6.07) is 17.6. The molecule has 1 aromatic heterocycles. The summed E-state index contributed by atoms with van der Waals surface area (Å²) in [7, 11) is 0. The van der Waals surface area contributed by atoms with E-state index >= 15 is 0 Å². The van der Waals surface area contributed by atoms with Crippen molar-refractivity contribution < 1.29 is 9.84 Å². The van der Waals surface area contributed by atoms with Gasteiger partial charge in [0.25, 0.3) is 0 Å². The fourth-order valence-corrected chi connectivity index (χ4v) is 2.10. The number of rotatable bonds is 3. The number of benzene rings is 2. The first-order chi connectivity index (χ1) is 9.74. The summed E-state index contributed by atoms with van der Waals surface area (Å²) in [6.45, 7) is 1.71. The Labute approximate surface area is 117 Å². The Hall–Kier alpha value is -2.39. The molecule has 1 N–H and O–H groups in total. The van der Waals surface area contributed by atoms with Gasteiger partial charge in [0.05, 0.1) is 6.10 Å². The molecule has 3 nitrogen and oxygen atoms in total. The van der Waals surface area contributed by atoms with Crippen LogP contribution in [0.5, 0.6) is 11.6 Å². The molecule has 20 heavy (non-hydrogen) atoms. The lowest BCUT2D eigenvalue weighted by Crippen LogP contribution is -1.94. The average molecular weight is 265 g/mol. The maximum atomic E-state index is 9.46. The molecule has 3 aromatic rings. The molecule has 100 valence electrons. The van der Waals surface area contributed by atoms with Gasteiger partial charge in [0, 0.05) is 17.6 Å². The van der Waals surface area contributed by atoms with Crippen molar-refractivity contribution in [2.24, 2.45) is 0 Å². The number of aliphatic hydroxyl groups excluding tert-OH is 1. The molecule has 0 saturated heterocycles. The minimum absolute atomic E-state index is 0.519. The van der Waals surface area contributed by atoms with Crippen LogP contribution in [0.3, 0.4) is 0 Å². The van der Waals surface area contributed by atoms with Crippen LogP contribution in [-0.2, 0) is 0 Å². The van der Waals surface area contributed by atoms with Gasteiger partial charge in [0.2, 0.25) is 5.88 Å². The van der Waals surface area contributed by atoms with Crippen molar-refractivity contribution in [3.05, 3.63) is 66.4 Å². The number of hydrogen-bond acceptors (Lipinski definition) is 3. The summed E-state index contributed by atoms with van der Waals surface area (Å²) in [5, 5.41) is 11.6. The normalized spacial score (nSPS) is 12.3. The Morgan fingerprint density at radius 1 is 1.00 bits per heavy atom. The Bertz CT molecular complexity index is 715. The molecule has 3 heteroatoms. The first-order valence-corrected chi connectivity index (χ1v) is 6.54. The molecule has 1 atom stereocenters. The first kappa shape index (κ1) is 12.6. The van der Waals surface area contributed by atoms with E-state index in [0.29, 0.717) is 5.88 Å². The molecule has 0 amide bonds. The summed E-state index contributed by atoms with van der Waals surface area (Å²) >= 11 is 0. The van der Waals surface area contributed by atoms with E-state index in [4.69, 9.17) is 4.74 Å². The zero-order chi connectivity index (χ0) is 13.9. The second-order valence-corrected chi connectivity index (χ2v) is 4.69. The lowest BCUT2D eigenvalue weighted by molar-refractivity contribution is 0.198. The second kappa shape index (κ2) is 5.31. The number of hydrogen-bond donors (Lipinski definition) is 1. The van der Waals surface area contributed by atoms with E-state index in [1.54, 1.807) is 19.2 Å². The standard InChI is InChI=1S/C17H15NO2/c1-12(19)14-9-10-17(18-11-14)20-16-8-4-6-13-5-2-3-7-15(13)16/h2-12,19H,1H3/t12-/m0/s1. The van der Waals surface area contributed by atoms with E-state index in [1.165, 1.54) is 0 Å². The van der Waals surface area contributed by atoms with Crippen molar-refractivity contribution >= 4 is 10.8 Å². The van der Waals surface area contributed by atoms with E-state index in [0.717, 1.165) is 22.1 Å². The molecule has 0 saturated carbocycles. The number of aromatic nitrogens is 1. The monoisotopic (exact) mass is 265 g/mol. The van der Waals surface area contributed by atoms with Gasteiger partial charge in [0.1, 0.15) is 5.75 Å². The highest BCUT2D eigenvalue weighted by atomic mass is 16.5. The van der Waals surface area contributed by atoms with Crippen molar-refractivity contribution in [2.45, 2.75) is 13.0 Å². The third kappa shape index (κ3) is 2.49. The molecule has 3 rings (SSSR count). The Balaban J connectivity index is 1.93. The SMILES string of the molecule is C[C@H](O)c1ccc(Oc2cccc3ccccc23)nc1. The summed E-state index contributed by atoms with van der Waals surface area (Å²) in [4.78, 5) is 4.22. The minimum atomic E-state index is -0.519. The molecule has 2 aromatic carbocycles. The predicted octanol–water partition coefficient (Wildman–Crippen LogP) is 4.08. The highest BCUT2D eigenvalue weighted by Gasteiger charge is 2.05. The van der Waals surface area contributed by atoms with Gasteiger partial charge in [-0.3, -0.25) is 0 Å². The summed E-state index contributed by atoms with van der Waals surface area (Å²) < 4.78 is 5.83. The van der Waals surface area contributed by atoms with Gasteiger partial charge in [-0.2, -0.15) is 0 Å². The number of pyridine rings is 1. The predicted molar refractivity (Wildman–Crippen MR) is 78.9 cm³/mol. The lowest BCUT2D eigenvalue weighted by atomic mass is 10.1. The zero-order valence-electron chi connectivity index (χ0n) is 11.2. The van der Waals surface area contributed by atoms with Gasteiger partial charge in [-0.1, -0.05) is 36.4 Å². The summed E-state index contributed by atoms with van der Waals surface area (Å²) in [5.41, 5.74) is 0.773. The highest BCUT2D eigenvalue weighted by Crippen LogP contribution is 2.29. The maximum Gasteiger partial charge on any atom is 0.219 e. The van der Waals surface area contributed by atoms with Crippen LogP contribution in [0.2, 0.25) is 0 Å². The maximum absolute atomic E-state index is 9.46. The number of aliphatic hydroxyl groups is 1. The molecule has 0 fully saturated rings. The van der Waals surface area contributed by atoms with Crippen molar-refractivity contribution in [2.75, 3.05) is 0 Å². The van der Waals surface area contributed by atoms with Crippen molar-refractivity contribution in [3.63, 3.8) is 0 Å². The largest absolute Gasteiger partial charge is 0.438 e. The summed E-state index contributed by atoms with van der Waals surface area (Å²) in [6.07, 6.45) is 1.11. The smallest absolute Gasteiger partial charge is 0.219 e. The van der Waals surface area contributed by atoms with Gasteiger partial charge in [-0.25, -0.2) is 4.98 Å². The Morgan fingerprint density at radius 2 is 1.80 bits per heavy atom. The van der Waals surface area contributed by atoms with Gasteiger partial charge >= 0.3 is 0 Å². The van der Waals surface area contributed by atoms with Gasteiger partial charge in [-0.05, 0) is 30.0 Å². The molecule has 0 unspecified atom stereocenters. The molecule has 0 radical (unpaired) electrons. The third-order valence-electron chi connectivity index (χ3n) is 3.21. The van der Waals surface area contributed by atoms with E-state index in [9.17, 15) is 5.11 Å². The molecular weight excluding hydrogens is 250 g/mol. The van der Waals surface area contributed by atoms with E-state index in [1.807, 2.05) is 48.5 Å². The topological polar surface area (TPSA) is 42.4 Å². The third-order valence-corrected chi connectivity index (χ3v) is 3.21. The van der Waals surface area contributed by atoms with Crippen LogP contribution in [0, 0.1) is 0 Å². The Morgan fingerprint density at radius 3 is 2.55 bits per heavy atom. The zero-order valence-corrected chi connectivity index (χ0v) is 11.2. The molecule has 1 heterocycles. The number of nitrogens with zero attached hydrogens (tertiary/aromatic N) is 1. The van der Waals surface area contributed by atoms with Gasteiger partial charge in [-0.15, -0.1) is 0 Å². The second-order valence-electron chi connectivity index (χ2n) is 4.69.